The quantitative estimate of drug-likeness (QED) is 0.253. The van der Waals surface area contributed by atoms with Crippen LogP contribution >= 0.6 is 0 Å². The summed E-state index contributed by atoms with van der Waals surface area (Å²) in [5, 5.41) is 14.3. The lowest BCUT2D eigenvalue weighted by Gasteiger charge is -2.31. The highest BCUT2D eigenvalue weighted by atomic mass is 32.2. The summed E-state index contributed by atoms with van der Waals surface area (Å²) in [4.78, 5) is 13.4. The number of hydrogen-bond acceptors (Lipinski definition) is 8. The van der Waals surface area contributed by atoms with Gasteiger partial charge >= 0.3 is 0 Å². The Kier molecular flexibility index (Phi) is 11.1. The molecule has 1 amide bonds. The Morgan fingerprint density at radius 2 is 1.51 bits per heavy atom. The highest BCUT2D eigenvalue weighted by Gasteiger charge is 2.34. The van der Waals surface area contributed by atoms with E-state index in [0.717, 1.165) is 9.87 Å². The molecule has 4 rings (SSSR count). The SMILES string of the molecule is CC(C)CN(C[C@@H](O)[C@H](Cc1ccccc1)NC(=O)[C@H](C)CS(=O)(=O)N(C)c1ccccc1)S(=O)(=O)c1ccc2c(c1)OCO2. The maximum absolute atomic E-state index is 13.8. The van der Waals surface area contributed by atoms with Gasteiger partial charge in [0.05, 0.1) is 34.4 Å². The van der Waals surface area contributed by atoms with Crippen molar-refractivity contribution in [1.29, 1.82) is 0 Å². The number of sulfonamides is 2. The second-order valence-electron chi connectivity index (χ2n) is 11.6. The van der Waals surface area contributed by atoms with E-state index in [4.69, 9.17) is 9.47 Å². The third kappa shape index (κ3) is 8.75. The summed E-state index contributed by atoms with van der Waals surface area (Å²) in [6.07, 6.45) is -1.14. The first kappa shape index (κ1) is 34.2. The molecule has 45 heavy (non-hydrogen) atoms. The Bertz CT molecular complexity index is 1650. The standard InChI is InChI=1S/C32H41N3O8S2/c1-23(2)19-35(45(40,41)27-15-16-30-31(18-27)43-22-42-30)20-29(36)28(17-25-11-7-5-8-12-25)33-32(37)24(3)21-44(38,39)34(4)26-13-9-6-10-14-26/h5-16,18,23-24,28-29,36H,17,19-22H2,1-4H3,(H,33,37)/t24-,28+,29-/m1/s1. The highest BCUT2D eigenvalue weighted by molar-refractivity contribution is 7.92. The number of ether oxygens (including phenoxy) is 2. The van der Waals surface area contributed by atoms with Gasteiger partial charge in [-0.05, 0) is 42.2 Å². The number of fused-ring (bicyclic) bond motifs is 1. The van der Waals surface area contributed by atoms with E-state index in [2.05, 4.69) is 5.32 Å². The van der Waals surface area contributed by atoms with Crippen LogP contribution < -0.4 is 19.1 Å². The molecule has 1 heterocycles. The van der Waals surface area contributed by atoms with Gasteiger partial charge in [-0.15, -0.1) is 0 Å². The summed E-state index contributed by atoms with van der Waals surface area (Å²) >= 11 is 0. The Labute approximate surface area is 265 Å². The van der Waals surface area contributed by atoms with Crippen molar-refractivity contribution in [3.63, 3.8) is 0 Å². The third-order valence-electron chi connectivity index (χ3n) is 7.48. The lowest BCUT2D eigenvalue weighted by atomic mass is 10.00. The van der Waals surface area contributed by atoms with Crippen LogP contribution in [-0.2, 0) is 31.3 Å². The van der Waals surface area contributed by atoms with Crippen LogP contribution in [0.4, 0.5) is 5.69 Å². The number of anilines is 1. The zero-order valence-corrected chi connectivity index (χ0v) is 27.5. The zero-order valence-electron chi connectivity index (χ0n) is 25.9. The minimum Gasteiger partial charge on any atom is -0.454 e. The van der Waals surface area contributed by atoms with Crippen molar-refractivity contribution < 1.29 is 36.2 Å². The average Bonchev–Trinajstić information content (AvgIpc) is 3.48. The van der Waals surface area contributed by atoms with Gasteiger partial charge in [0.15, 0.2) is 11.5 Å². The molecule has 0 saturated heterocycles. The van der Waals surface area contributed by atoms with E-state index in [0.29, 0.717) is 17.2 Å². The summed E-state index contributed by atoms with van der Waals surface area (Å²) < 4.78 is 66.9. The van der Waals surface area contributed by atoms with Crippen molar-refractivity contribution in [3.05, 3.63) is 84.4 Å². The molecule has 0 aromatic heterocycles. The maximum Gasteiger partial charge on any atom is 0.243 e. The number of carbonyl (C=O) groups excluding carboxylic acids is 1. The van der Waals surface area contributed by atoms with Gasteiger partial charge in [0, 0.05) is 26.2 Å². The Hall–Kier alpha value is -3.65. The van der Waals surface area contributed by atoms with Crippen molar-refractivity contribution >= 4 is 31.6 Å². The molecule has 13 heteroatoms. The molecule has 0 bridgehead atoms. The van der Waals surface area contributed by atoms with Gasteiger partial charge < -0.3 is 19.9 Å². The maximum atomic E-state index is 13.8. The van der Waals surface area contributed by atoms with E-state index >= 15 is 0 Å². The molecule has 3 atom stereocenters. The van der Waals surface area contributed by atoms with Crippen LogP contribution in [0.1, 0.15) is 26.3 Å². The Morgan fingerprint density at radius 1 is 0.889 bits per heavy atom. The second-order valence-corrected chi connectivity index (χ2v) is 15.6. The number of aliphatic hydroxyl groups is 1. The number of carbonyl (C=O) groups is 1. The minimum atomic E-state index is -4.08. The van der Waals surface area contributed by atoms with Crippen molar-refractivity contribution in [2.24, 2.45) is 11.8 Å². The molecular formula is C32H41N3O8S2. The summed E-state index contributed by atoms with van der Waals surface area (Å²) in [7, 11) is -6.51. The van der Waals surface area contributed by atoms with Gasteiger partial charge in [-0.1, -0.05) is 69.3 Å². The number of nitrogens with one attached hydrogen (secondary N) is 1. The first-order chi connectivity index (χ1) is 21.3. The first-order valence-corrected chi connectivity index (χ1v) is 17.8. The Morgan fingerprint density at radius 3 is 2.16 bits per heavy atom. The normalized spacial score (nSPS) is 15.1. The third-order valence-corrected chi connectivity index (χ3v) is 11.3. The summed E-state index contributed by atoms with van der Waals surface area (Å²) in [5.41, 5.74) is 1.27. The van der Waals surface area contributed by atoms with E-state index in [1.807, 2.05) is 44.2 Å². The van der Waals surface area contributed by atoms with E-state index in [-0.39, 0.29) is 37.1 Å². The average molecular weight is 660 g/mol. The van der Waals surface area contributed by atoms with E-state index in [1.165, 1.54) is 36.5 Å². The second kappa shape index (κ2) is 14.6. The number of hydrogen-bond donors (Lipinski definition) is 2. The van der Waals surface area contributed by atoms with Gasteiger partial charge in [-0.2, -0.15) is 4.31 Å². The van der Waals surface area contributed by atoms with Crippen molar-refractivity contribution in [2.45, 2.75) is 44.2 Å². The Balaban J connectivity index is 1.54. The molecule has 3 aromatic rings. The molecule has 1 aliphatic rings. The van der Waals surface area contributed by atoms with Crippen LogP contribution in [0.2, 0.25) is 0 Å². The topological polar surface area (TPSA) is 143 Å². The van der Waals surface area contributed by atoms with Gasteiger partial charge in [0.1, 0.15) is 0 Å². The van der Waals surface area contributed by atoms with Crippen LogP contribution in [0, 0.1) is 11.8 Å². The van der Waals surface area contributed by atoms with Gasteiger partial charge in [-0.3, -0.25) is 9.10 Å². The molecule has 0 unspecified atom stereocenters. The lowest BCUT2D eigenvalue weighted by Crippen LogP contribution is -2.52. The lowest BCUT2D eigenvalue weighted by molar-refractivity contribution is -0.125. The van der Waals surface area contributed by atoms with Crippen molar-refractivity contribution in [1.82, 2.24) is 9.62 Å². The molecule has 11 nitrogen and oxygen atoms in total. The smallest absolute Gasteiger partial charge is 0.243 e. The molecule has 244 valence electrons. The van der Waals surface area contributed by atoms with E-state index < -0.39 is 49.8 Å². The zero-order chi connectivity index (χ0) is 32.8. The van der Waals surface area contributed by atoms with Crippen molar-refractivity contribution in [2.75, 3.05) is 37.0 Å². The van der Waals surface area contributed by atoms with Crippen LogP contribution in [0.15, 0.2) is 83.8 Å². The predicted molar refractivity (Wildman–Crippen MR) is 172 cm³/mol. The van der Waals surface area contributed by atoms with Crippen molar-refractivity contribution in [3.8, 4) is 11.5 Å². The van der Waals surface area contributed by atoms with Crippen LogP contribution in [0.25, 0.3) is 0 Å². The summed E-state index contributed by atoms with van der Waals surface area (Å²) in [5.74, 6) is -1.31. The molecule has 0 aliphatic carbocycles. The highest BCUT2D eigenvalue weighted by Crippen LogP contribution is 2.35. The molecule has 1 aliphatic heterocycles. The predicted octanol–water partition coefficient (Wildman–Crippen LogP) is 3.25. The number of benzene rings is 3. The van der Waals surface area contributed by atoms with Gasteiger partial charge in [0.2, 0.25) is 32.7 Å². The van der Waals surface area contributed by atoms with Gasteiger partial charge in [-0.25, -0.2) is 16.8 Å². The van der Waals surface area contributed by atoms with E-state index in [1.54, 1.807) is 30.3 Å². The molecule has 0 radical (unpaired) electrons. The van der Waals surface area contributed by atoms with Gasteiger partial charge in [0.25, 0.3) is 0 Å². The largest absolute Gasteiger partial charge is 0.454 e. The number of aliphatic hydroxyl groups excluding tert-OH is 1. The fourth-order valence-electron chi connectivity index (χ4n) is 4.98. The summed E-state index contributed by atoms with van der Waals surface area (Å²) in [6.45, 7) is 5.04. The first-order valence-electron chi connectivity index (χ1n) is 14.7. The monoisotopic (exact) mass is 659 g/mol. The number of nitrogens with zero attached hydrogens (tertiary/aromatic N) is 2. The molecule has 0 saturated carbocycles. The van der Waals surface area contributed by atoms with Crippen LogP contribution in [0.5, 0.6) is 11.5 Å². The number of para-hydroxylation sites is 1. The fourth-order valence-corrected chi connectivity index (χ4v) is 8.07. The molecule has 0 spiro atoms. The molecule has 2 N–H and O–H groups in total. The number of rotatable bonds is 15. The molecular weight excluding hydrogens is 618 g/mol. The van der Waals surface area contributed by atoms with Crippen LogP contribution in [-0.4, -0.2) is 77.0 Å². The summed E-state index contributed by atoms with van der Waals surface area (Å²) in [6, 6.07) is 21.2. The minimum absolute atomic E-state index is 0.00358. The fraction of sp³-hybridized carbons (Fsp3) is 0.406. The van der Waals surface area contributed by atoms with Crippen LogP contribution in [0.3, 0.4) is 0 Å². The van der Waals surface area contributed by atoms with E-state index in [9.17, 15) is 26.7 Å². The number of amides is 1. The molecule has 0 fully saturated rings. The molecule has 3 aromatic carbocycles.